The monoisotopic (exact) mass is 424 g/mol. The molecule has 140 valence electrons. The first kappa shape index (κ1) is 19.0. The van der Waals surface area contributed by atoms with Crippen molar-refractivity contribution in [2.24, 2.45) is 0 Å². The third kappa shape index (κ3) is 4.55. The number of nitrogens with zero attached hydrogens (tertiary/aromatic N) is 1. The second-order valence-corrected chi connectivity index (χ2v) is 8.63. The van der Waals surface area contributed by atoms with Crippen LogP contribution in [0.1, 0.15) is 6.42 Å². The maximum absolute atomic E-state index is 12.2. The first-order valence-corrected chi connectivity index (χ1v) is 11.1. The Morgan fingerprint density at radius 1 is 1.04 bits per heavy atom. The lowest BCUT2D eigenvalue weighted by Gasteiger charge is -2.04. The van der Waals surface area contributed by atoms with Crippen molar-refractivity contribution in [2.45, 2.75) is 11.3 Å². The van der Waals surface area contributed by atoms with E-state index in [-0.39, 0.29) is 5.91 Å². The molecule has 0 atom stereocenters. The molecule has 1 heterocycles. The van der Waals surface area contributed by atoms with Crippen molar-refractivity contribution < 1.29 is 4.79 Å². The van der Waals surface area contributed by atoms with Crippen LogP contribution in [0.3, 0.4) is 0 Å². The van der Waals surface area contributed by atoms with E-state index in [0.29, 0.717) is 22.3 Å². The van der Waals surface area contributed by atoms with Crippen LogP contribution < -0.4 is 5.32 Å². The molecule has 0 aliphatic rings. The van der Waals surface area contributed by atoms with E-state index in [1.165, 1.54) is 16.7 Å². The fraction of sp³-hybridized carbons (Fsp3) is 0.0909. The van der Waals surface area contributed by atoms with Crippen LogP contribution in [-0.4, -0.2) is 16.6 Å². The molecule has 0 spiro atoms. The average molecular weight is 425 g/mol. The van der Waals surface area contributed by atoms with Crippen LogP contribution in [0.15, 0.2) is 77.0 Å². The lowest BCUT2D eigenvalue weighted by atomic mass is 10.0. The molecular formula is C22H17ClN2OS2. The van der Waals surface area contributed by atoms with Gasteiger partial charge in [0.2, 0.25) is 5.91 Å². The van der Waals surface area contributed by atoms with Crippen molar-refractivity contribution in [1.82, 2.24) is 4.98 Å². The number of amides is 1. The number of benzene rings is 3. The SMILES string of the molecule is O=C(CCSc1ccc(Cl)cc1)Nc1nc(-c2cccc3ccccc23)cs1. The molecule has 4 rings (SSSR count). The van der Waals surface area contributed by atoms with Crippen molar-refractivity contribution in [3.05, 3.63) is 77.1 Å². The van der Waals surface area contributed by atoms with Crippen molar-refractivity contribution in [1.29, 1.82) is 0 Å². The van der Waals surface area contributed by atoms with Gasteiger partial charge in [0.25, 0.3) is 0 Å². The molecule has 28 heavy (non-hydrogen) atoms. The summed E-state index contributed by atoms with van der Waals surface area (Å²) >= 11 is 8.97. The third-order valence-electron chi connectivity index (χ3n) is 4.23. The maximum atomic E-state index is 12.2. The van der Waals surface area contributed by atoms with E-state index in [0.717, 1.165) is 21.5 Å². The van der Waals surface area contributed by atoms with Gasteiger partial charge in [-0.05, 0) is 35.0 Å². The molecular weight excluding hydrogens is 408 g/mol. The predicted octanol–water partition coefficient (Wildman–Crippen LogP) is 6.74. The van der Waals surface area contributed by atoms with Gasteiger partial charge < -0.3 is 5.32 Å². The Morgan fingerprint density at radius 2 is 1.82 bits per heavy atom. The van der Waals surface area contributed by atoms with E-state index >= 15 is 0 Å². The van der Waals surface area contributed by atoms with E-state index in [1.807, 2.05) is 47.8 Å². The number of thiazole rings is 1. The van der Waals surface area contributed by atoms with Gasteiger partial charge in [0.05, 0.1) is 5.69 Å². The minimum atomic E-state index is -0.0275. The van der Waals surface area contributed by atoms with E-state index in [2.05, 4.69) is 34.6 Å². The first-order chi connectivity index (χ1) is 13.7. The zero-order valence-electron chi connectivity index (χ0n) is 14.9. The average Bonchev–Trinajstić information content (AvgIpc) is 3.17. The number of anilines is 1. The Hall–Kier alpha value is -2.34. The molecule has 4 aromatic rings. The van der Waals surface area contributed by atoms with Crippen LogP contribution in [-0.2, 0) is 4.79 Å². The topological polar surface area (TPSA) is 42.0 Å². The lowest BCUT2D eigenvalue weighted by Crippen LogP contribution is -2.11. The maximum Gasteiger partial charge on any atom is 0.226 e. The third-order valence-corrected chi connectivity index (χ3v) is 6.25. The summed E-state index contributed by atoms with van der Waals surface area (Å²) in [6, 6.07) is 22.1. The minimum absolute atomic E-state index is 0.0275. The predicted molar refractivity (Wildman–Crippen MR) is 120 cm³/mol. The zero-order chi connectivity index (χ0) is 19.3. The summed E-state index contributed by atoms with van der Waals surface area (Å²) in [7, 11) is 0. The van der Waals surface area contributed by atoms with Gasteiger partial charge in [-0.25, -0.2) is 4.98 Å². The molecule has 1 N–H and O–H groups in total. The van der Waals surface area contributed by atoms with Crippen molar-refractivity contribution in [3.8, 4) is 11.3 Å². The molecule has 0 saturated carbocycles. The number of aromatic nitrogens is 1. The highest BCUT2D eigenvalue weighted by atomic mass is 35.5. The Labute approximate surface area is 176 Å². The highest BCUT2D eigenvalue weighted by Gasteiger charge is 2.10. The molecule has 0 fully saturated rings. The fourth-order valence-corrected chi connectivity index (χ4v) is 4.58. The van der Waals surface area contributed by atoms with Gasteiger partial charge in [-0.3, -0.25) is 4.79 Å². The summed E-state index contributed by atoms with van der Waals surface area (Å²) in [5.41, 5.74) is 1.96. The van der Waals surface area contributed by atoms with Gasteiger partial charge in [0.1, 0.15) is 0 Å². The summed E-state index contributed by atoms with van der Waals surface area (Å²) in [6.07, 6.45) is 0.427. The Bertz CT molecular complexity index is 1100. The first-order valence-electron chi connectivity index (χ1n) is 8.81. The van der Waals surface area contributed by atoms with Crippen molar-refractivity contribution >= 4 is 56.5 Å². The molecule has 1 amide bonds. The second kappa shape index (κ2) is 8.78. The van der Waals surface area contributed by atoms with Gasteiger partial charge >= 0.3 is 0 Å². The molecule has 3 nitrogen and oxygen atoms in total. The van der Waals surface area contributed by atoms with Crippen LogP contribution in [0.4, 0.5) is 5.13 Å². The molecule has 0 aliphatic heterocycles. The van der Waals surface area contributed by atoms with Gasteiger partial charge in [-0.2, -0.15) is 0 Å². The zero-order valence-corrected chi connectivity index (χ0v) is 17.3. The molecule has 0 saturated heterocycles. The molecule has 0 aliphatic carbocycles. The molecule has 0 bridgehead atoms. The van der Waals surface area contributed by atoms with Crippen LogP contribution in [0, 0.1) is 0 Å². The van der Waals surface area contributed by atoms with E-state index in [4.69, 9.17) is 11.6 Å². The summed E-state index contributed by atoms with van der Waals surface area (Å²) in [5.74, 6) is 0.676. The molecule has 3 aromatic carbocycles. The van der Waals surface area contributed by atoms with E-state index in [1.54, 1.807) is 11.8 Å². The molecule has 0 radical (unpaired) electrons. The number of hydrogen-bond acceptors (Lipinski definition) is 4. The van der Waals surface area contributed by atoms with Gasteiger partial charge in [0, 0.05) is 33.0 Å². The van der Waals surface area contributed by atoms with E-state index in [9.17, 15) is 4.79 Å². The number of fused-ring (bicyclic) bond motifs is 1. The highest BCUT2D eigenvalue weighted by molar-refractivity contribution is 7.99. The smallest absolute Gasteiger partial charge is 0.226 e. The Morgan fingerprint density at radius 3 is 2.68 bits per heavy atom. The number of nitrogens with one attached hydrogen (secondary N) is 1. The number of rotatable bonds is 6. The number of thioether (sulfide) groups is 1. The summed E-state index contributed by atoms with van der Waals surface area (Å²) in [5, 5.41) is 8.58. The quantitative estimate of drug-likeness (QED) is 0.348. The summed E-state index contributed by atoms with van der Waals surface area (Å²) < 4.78 is 0. The van der Waals surface area contributed by atoms with Gasteiger partial charge in [-0.15, -0.1) is 23.1 Å². The Kier molecular flexibility index (Phi) is 5.95. The fourth-order valence-electron chi connectivity index (χ4n) is 2.88. The number of hydrogen-bond donors (Lipinski definition) is 1. The highest BCUT2D eigenvalue weighted by Crippen LogP contribution is 2.31. The van der Waals surface area contributed by atoms with Crippen LogP contribution in [0.5, 0.6) is 0 Å². The van der Waals surface area contributed by atoms with Crippen molar-refractivity contribution in [2.75, 3.05) is 11.1 Å². The van der Waals surface area contributed by atoms with Crippen LogP contribution >= 0.6 is 34.7 Å². The van der Waals surface area contributed by atoms with E-state index < -0.39 is 0 Å². The number of carbonyl (C=O) groups is 1. The molecule has 6 heteroatoms. The summed E-state index contributed by atoms with van der Waals surface area (Å²) in [6.45, 7) is 0. The largest absolute Gasteiger partial charge is 0.302 e. The number of halogens is 1. The Balaban J connectivity index is 1.37. The second-order valence-electron chi connectivity index (χ2n) is 6.17. The lowest BCUT2D eigenvalue weighted by molar-refractivity contribution is -0.115. The van der Waals surface area contributed by atoms with Crippen LogP contribution in [0.2, 0.25) is 5.02 Å². The number of carbonyl (C=O) groups excluding carboxylic acids is 1. The minimum Gasteiger partial charge on any atom is -0.302 e. The van der Waals surface area contributed by atoms with Gasteiger partial charge in [-0.1, -0.05) is 54.1 Å². The summed E-state index contributed by atoms with van der Waals surface area (Å²) in [4.78, 5) is 17.9. The standard InChI is InChI=1S/C22H17ClN2OS2/c23-16-8-10-17(11-9-16)27-13-12-21(26)25-22-24-20(14-28-22)19-7-3-5-15-4-1-2-6-18(15)19/h1-11,14H,12-13H2,(H,24,25,26). The van der Waals surface area contributed by atoms with Gasteiger partial charge in [0.15, 0.2) is 5.13 Å². The van der Waals surface area contributed by atoms with Crippen molar-refractivity contribution in [3.63, 3.8) is 0 Å². The molecule has 1 aromatic heterocycles. The van der Waals surface area contributed by atoms with Crippen LogP contribution in [0.25, 0.3) is 22.0 Å². The normalized spacial score (nSPS) is 10.9. The molecule has 0 unspecified atom stereocenters.